The molecule has 3 aromatic carbocycles. The van der Waals surface area contributed by atoms with Crippen molar-refractivity contribution in [3.05, 3.63) is 88.4 Å². The maximum Gasteiger partial charge on any atom is 0.264 e. The molecule has 1 aliphatic rings. The molecular weight excluding hydrogens is 529 g/mol. The Morgan fingerprint density at radius 2 is 1.76 bits per heavy atom. The summed E-state index contributed by atoms with van der Waals surface area (Å²) in [5, 5.41) is 3.72. The fourth-order valence-corrected chi connectivity index (χ4v) is 6.30. The molecule has 0 bridgehead atoms. The summed E-state index contributed by atoms with van der Waals surface area (Å²) in [5.41, 5.74) is 2.41. The van der Waals surface area contributed by atoms with E-state index in [1.54, 1.807) is 18.2 Å². The zero-order valence-corrected chi connectivity index (χ0v) is 23.2. The molecular formula is C28H31Cl2N3O3S. The van der Waals surface area contributed by atoms with Crippen LogP contribution in [0.5, 0.6) is 0 Å². The highest BCUT2D eigenvalue weighted by Crippen LogP contribution is 2.28. The summed E-state index contributed by atoms with van der Waals surface area (Å²) in [5.74, 6) is 0.247. The molecule has 0 aliphatic carbocycles. The lowest BCUT2D eigenvalue weighted by Gasteiger charge is -2.33. The lowest BCUT2D eigenvalue weighted by molar-refractivity contribution is -0.120. The van der Waals surface area contributed by atoms with Crippen LogP contribution in [0.1, 0.15) is 38.3 Å². The molecule has 9 heteroatoms. The highest BCUT2D eigenvalue weighted by Gasteiger charge is 2.28. The van der Waals surface area contributed by atoms with Crippen LogP contribution in [0.2, 0.25) is 10.0 Å². The van der Waals surface area contributed by atoms with Gasteiger partial charge < -0.3 is 10.2 Å². The Kier molecular flexibility index (Phi) is 8.67. The quantitative estimate of drug-likeness (QED) is 0.351. The fraction of sp³-hybridized carbons (Fsp3) is 0.321. The van der Waals surface area contributed by atoms with Crippen molar-refractivity contribution in [2.45, 2.75) is 37.6 Å². The molecule has 1 saturated heterocycles. The van der Waals surface area contributed by atoms with E-state index in [2.05, 4.69) is 29.3 Å². The van der Waals surface area contributed by atoms with Crippen molar-refractivity contribution < 1.29 is 13.2 Å². The Morgan fingerprint density at radius 1 is 1.05 bits per heavy atom. The van der Waals surface area contributed by atoms with E-state index in [4.69, 9.17) is 23.2 Å². The lowest BCUT2D eigenvalue weighted by atomic mass is 9.99. The summed E-state index contributed by atoms with van der Waals surface area (Å²) < 4.78 is 28.1. The van der Waals surface area contributed by atoms with Crippen LogP contribution in [-0.4, -0.2) is 34.0 Å². The van der Waals surface area contributed by atoms with Gasteiger partial charge in [0.25, 0.3) is 10.0 Å². The number of carbonyl (C=O) groups is 1. The number of hydrogen-bond donors (Lipinski definition) is 1. The molecule has 3 aromatic rings. The first-order valence-corrected chi connectivity index (χ1v) is 14.5. The second-order valence-corrected chi connectivity index (χ2v) is 12.3. The number of nitrogens with one attached hydrogen (secondary N) is 1. The summed E-state index contributed by atoms with van der Waals surface area (Å²) >= 11 is 12.1. The summed E-state index contributed by atoms with van der Waals surface area (Å²) in [6.45, 7) is 5.86. The van der Waals surface area contributed by atoms with Gasteiger partial charge in [-0.05, 0) is 85.8 Å². The average Bonchev–Trinajstić information content (AvgIpc) is 2.87. The van der Waals surface area contributed by atoms with Crippen LogP contribution in [0.4, 0.5) is 11.4 Å². The van der Waals surface area contributed by atoms with Crippen molar-refractivity contribution in [1.82, 2.24) is 5.32 Å². The Hall–Kier alpha value is -2.74. The molecule has 0 aromatic heterocycles. The van der Waals surface area contributed by atoms with Gasteiger partial charge in [-0.3, -0.25) is 9.10 Å². The van der Waals surface area contributed by atoms with E-state index in [1.807, 2.05) is 19.1 Å². The van der Waals surface area contributed by atoms with Crippen molar-refractivity contribution in [1.29, 1.82) is 0 Å². The molecule has 1 heterocycles. The summed E-state index contributed by atoms with van der Waals surface area (Å²) in [4.78, 5) is 15.5. The van der Waals surface area contributed by atoms with Crippen molar-refractivity contribution in [3.8, 4) is 0 Å². The fourth-order valence-electron chi connectivity index (χ4n) is 4.58. The van der Waals surface area contributed by atoms with Gasteiger partial charge in [-0.1, -0.05) is 48.3 Å². The molecule has 1 aliphatic heterocycles. The van der Waals surface area contributed by atoms with E-state index in [1.165, 1.54) is 48.9 Å². The largest absolute Gasteiger partial charge is 0.371 e. The number of carbonyl (C=O) groups excluding carboxylic acids is 1. The predicted octanol–water partition coefficient (Wildman–Crippen LogP) is 6.30. The maximum absolute atomic E-state index is 13.5. The molecule has 6 nitrogen and oxygen atoms in total. The van der Waals surface area contributed by atoms with E-state index in [9.17, 15) is 13.2 Å². The first-order valence-electron chi connectivity index (χ1n) is 12.3. The number of sulfonamides is 1. The van der Waals surface area contributed by atoms with Gasteiger partial charge in [0.15, 0.2) is 0 Å². The molecule has 196 valence electrons. The maximum atomic E-state index is 13.5. The third-order valence-corrected chi connectivity index (χ3v) is 8.85. The summed E-state index contributed by atoms with van der Waals surface area (Å²) in [7, 11) is -4.06. The zero-order chi connectivity index (χ0) is 26.6. The lowest BCUT2D eigenvalue weighted by Crippen LogP contribution is -2.41. The molecule has 1 fully saturated rings. The minimum absolute atomic E-state index is 0.0281. The van der Waals surface area contributed by atoms with Gasteiger partial charge in [-0.2, -0.15) is 0 Å². The minimum atomic E-state index is -4.06. The van der Waals surface area contributed by atoms with Crippen LogP contribution in [0.15, 0.2) is 77.7 Å². The number of halogens is 2. The Bertz CT molecular complexity index is 1330. The molecule has 0 saturated carbocycles. The first kappa shape index (κ1) is 27.3. The van der Waals surface area contributed by atoms with Crippen molar-refractivity contribution in [3.63, 3.8) is 0 Å². The molecule has 1 N–H and O–H groups in total. The second-order valence-electron chi connectivity index (χ2n) is 9.52. The molecule has 0 radical (unpaired) electrons. The zero-order valence-electron chi connectivity index (χ0n) is 20.9. The van der Waals surface area contributed by atoms with Crippen LogP contribution in [0.25, 0.3) is 0 Å². The number of benzene rings is 3. The summed E-state index contributed by atoms with van der Waals surface area (Å²) in [6.07, 6.45) is 2.45. The van der Waals surface area contributed by atoms with E-state index < -0.39 is 22.5 Å². The van der Waals surface area contributed by atoms with Gasteiger partial charge in [0.1, 0.15) is 6.54 Å². The minimum Gasteiger partial charge on any atom is -0.371 e. The second kappa shape index (κ2) is 11.8. The number of rotatable bonds is 8. The number of nitrogens with zero attached hydrogens (tertiary/aromatic N) is 2. The van der Waals surface area contributed by atoms with Crippen LogP contribution >= 0.6 is 23.2 Å². The van der Waals surface area contributed by atoms with Gasteiger partial charge in [0.05, 0.1) is 16.6 Å². The predicted molar refractivity (Wildman–Crippen MR) is 151 cm³/mol. The first-order chi connectivity index (χ1) is 17.6. The van der Waals surface area contributed by atoms with Crippen LogP contribution < -0.4 is 14.5 Å². The third kappa shape index (κ3) is 6.78. The van der Waals surface area contributed by atoms with Crippen molar-refractivity contribution >= 4 is 50.5 Å². The number of piperidine rings is 1. The normalized spacial score (nSPS) is 16.8. The van der Waals surface area contributed by atoms with Crippen LogP contribution in [0.3, 0.4) is 0 Å². The van der Waals surface area contributed by atoms with Crippen molar-refractivity contribution in [2.24, 2.45) is 5.92 Å². The molecule has 0 spiro atoms. The Labute approximate surface area is 229 Å². The Balaban J connectivity index is 1.50. The topological polar surface area (TPSA) is 69.7 Å². The highest BCUT2D eigenvalue weighted by atomic mass is 35.5. The van der Waals surface area contributed by atoms with E-state index in [0.717, 1.165) is 23.0 Å². The number of anilines is 2. The van der Waals surface area contributed by atoms with E-state index >= 15 is 0 Å². The van der Waals surface area contributed by atoms with Gasteiger partial charge in [0.2, 0.25) is 5.91 Å². The standard InChI is InChI=1S/C28H31Cl2N3O3S/c1-20-5-4-16-32(18-20)25-12-8-22(9-13-25)21(2)31-28(34)19-33(26-7-3-6-24(30)17-26)37(35,36)27-14-10-23(29)11-15-27/h3,6-15,17,20-21H,4-5,16,18-19H2,1-2H3,(H,31,34). The van der Waals surface area contributed by atoms with Crippen LogP contribution in [-0.2, 0) is 14.8 Å². The van der Waals surface area contributed by atoms with Crippen molar-refractivity contribution in [2.75, 3.05) is 28.8 Å². The number of hydrogen-bond acceptors (Lipinski definition) is 4. The van der Waals surface area contributed by atoms with Gasteiger partial charge in [-0.25, -0.2) is 8.42 Å². The van der Waals surface area contributed by atoms with Crippen LogP contribution in [0, 0.1) is 5.92 Å². The molecule has 37 heavy (non-hydrogen) atoms. The third-order valence-electron chi connectivity index (χ3n) is 6.58. The smallest absolute Gasteiger partial charge is 0.264 e. The summed E-state index contributed by atoms with van der Waals surface area (Å²) in [6, 6.07) is 20.1. The average molecular weight is 561 g/mol. The van der Waals surface area contributed by atoms with Gasteiger partial charge in [-0.15, -0.1) is 0 Å². The monoisotopic (exact) mass is 559 g/mol. The molecule has 1 amide bonds. The molecule has 2 unspecified atom stereocenters. The Morgan fingerprint density at radius 3 is 2.41 bits per heavy atom. The van der Waals surface area contributed by atoms with E-state index in [-0.39, 0.29) is 10.9 Å². The van der Waals surface area contributed by atoms with Gasteiger partial charge in [0, 0.05) is 28.8 Å². The highest BCUT2D eigenvalue weighted by molar-refractivity contribution is 7.92. The van der Waals surface area contributed by atoms with E-state index in [0.29, 0.717) is 21.7 Å². The van der Waals surface area contributed by atoms with Gasteiger partial charge >= 0.3 is 0 Å². The molecule has 4 rings (SSSR count). The number of amides is 1. The SMILES string of the molecule is CC1CCCN(c2ccc(C(C)NC(=O)CN(c3cccc(Cl)c3)S(=O)(=O)c3ccc(Cl)cc3)cc2)C1. The molecule has 2 atom stereocenters.